The largest absolute Gasteiger partial charge is 0.319 e. The van der Waals surface area contributed by atoms with Crippen LogP contribution in [-0.4, -0.2) is 9.78 Å². The van der Waals surface area contributed by atoms with E-state index < -0.39 is 0 Å². The molecule has 1 aromatic carbocycles. The van der Waals surface area contributed by atoms with E-state index in [1.807, 2.05) is 29.8 Å². The van der Waals surface area contributed by atoms with Gasteiger partial charge in [0.25, 0.3) is 0 Å². The molecule has 96 valence electrons. The van der Waals surface area contributed by atoms with Crippen molar-refractivity contribution >= 4 is 43.5 Å². The van der Waals surface area contributed by atoms with Crippen LogP contribution in [0.15, 0.2) is 33.3 Å². The Labute approximate surface area is 128 Å². The lowest BCUT2D eigenvalue weighted by molar-refractivity contribution is 0.599. The topological polar surface area (TPSA) is 43.8 Å². The maximum atomic E-state index is 6.31. The summed E-state index contributed by atoms with van der Waals surface area (Å²) < 4.78 is 3.72. The van der Waals surface area contributed by atoms with Crippen LogP contribution in [0.1, 0.15) is 24.2 Å². The standard InChI is InChI=1S/C12H12Br2ClN3/c1-2-18-12(9(14)6-17-18)11(16)8-5-7(13)3-4-10(8)15/h3-6,11H,2,16H2,1H3. The molecule has 0 spiro atoms. The molecule has 1 aromatic heterocycles. The van der Waals surface area contributed by atoms with E-state index in [4.69, 9.17) is 17.3 Å². The van der Waals surface area contributed by atoms with Gasteiger partial charge in [0.2, 0.25) is 0 Å². The van der Waals surface area contributed by atoms with Crippen molar-refractivity contribution in [3.8, 4) is 0 Å². The summed E-state index contributed by atoms with van der Waals surface area (Å²) in [4.78, 5) is 0. The summed E-state index contributed by atoms with van der Waals surface area (Å²) in [5.74, 6) is 0. The van der Waals surface area contributed by atoms with Crippen molar-refractivity contribution in [3.05, 3.63) is 49.6 Å². The molecule has 1 unspecified atom stereocenters. The van der Waals surface area contributed by atoms with Gasteiger partial charge in [0.05, 0.1) is 22.4 Å². The van der Waals surface area contributed by atoms with Crippen molar-refractivity contribution in [2.75, 3.05) is 0 Å². The highest BCUT2D eigenvalue weighted by atomic mass is 79.9. The maximum absolute atomic E-state index is 6.31. The normalized spacial score (nSPS) is 12.7. The van der Waals surface area contributed by atoms with Gasteiger partial charge < -0.3 is 5.73 Å². The Kier molecular flexibility index (Phi) is 4.48. The zero-order chi connectivity index (χ0) is 13.3. The molecule has 0 bridgehead atoms. The molecule has 1 atom stereocenters. The van der Waals surface area contributed by atoms with Gasteiger partial charge in [0, 0.05) is 16.0 Å². The summed E-state index contributed by atoms with van der Waals surface area (Å²) in [5, 5.41) is 4.92. The van der Waals surface area contributed by atoms with Gasteiger partial charge in [-0.3, -0.25) is 4.68 Å². The second kappa shape index (κ2) is 5.74. The van der Waals surface area contributed by atoms with Crippen LogP contribution in [-0.2, 0) is 6.54 Å². The number of benzene rings is 1. The highest BCUT2D eigenvalue weighted by molar-refractivity contribution is 9.10. The molecule has 0 saturated carbocycles. The van der Waals surface area contributed by atoms with Crippen LogP contribution in [0.25, 0.3) is 0 Å². The van der Waals surface area contributed by atoms with Crippen LogP contribution < -0.4 is 5.73 Å². The molecule has 2 N–H and O–H groups in total. The van der Waals surface area contributed by atoms with Gasteiger partial charge in [-0.1, -0.05) is 27.5 Å². The average Bonchev–Trinajstić information content (AvgIpc) is 2.72. The minimum absolute atomic E-state index is 0.313. The Morgan fingerprint density at radius 2 is 2.17 bits per heavy atom. The van der Waals surface area contributed by atoms with Crippen molar-refractivity contribution in [3.63, 3.8) is 0 Å². The first kappa shape index (κ1) is 14.1. The van der Waals surface area contributed by atoms with E-state index in [2.05, 4.69) is 37.0 Å². The minimum Gasteiger partial charge on any atom is -0.319 e. The Morgan fingerprint density at radius 3 is 2.83 bits per heavy atom. The van der Waals surface area contributed by atoms with Crippen molar-refractivity contribution < 1.29 is 0 Å². The van der Waals surface area contributed by atoms with E-state index in [0.717, 1.165) is 26.7 Å². The number of aromatic nitrogens is 2. The van der Waals surface area contributed by atoms with Gasteiger partial charge in [-0.05, 0) is 46.6 Å². The predicted octanol–water partition coefficient (Wildman–Crippen LogP) is 4.13. The molecule has 18 heavy (non-hydrogen) atoms. The van der Waals surface area contributed by atoms with E-state index in [1.165, 1.54) is 0 Å². The molecular weight excluding hydrogens is 381 g/mol. The Bertz CT molecular complexity index is 568. The number of nitrogens with zero attached hydrogens (tertiary/aromatic N) is 2. The van der Waals surface area contributed by atoms with Crippen LogP contribution >= 0.6 is 43.5 Å². The van der Waals surface area contributed by atoms with Crippen LogP contribution in [0.3, 0.4) is 0 Å². The third kappa shape index (κ3) is 2.64. The maximum Gasteiger partial charge on any atom is 0.0749 e. The summed E-state index contributed by atoms with van der Waals surface area (Å²) in [7, 11) is 0. The fraction of sp³-hybridized carbons (Fsp3) is 0.250. The zero-order valence-corrected chi connectivity index (χ0v) is 13.6. The second-order valence-electron chi connectivity index (χ2n) is 3.84. The quantitative estimate of drug-likeness (QED) is 0.852. The Hall–Kier alpha value is -0.360. The van der Waals surface area contributed by atoms with Gasteiger partial charge >= 0.3 is 0 Å². The predicted molar refractivity (Wildman–Crippen MR) is 80.8 cm³/mol. The molecule has 2 rings (SSSR count). The third-order valence-electron chi connectivity index (χ3n) is 2.72. The molecule has 0 fully saturated rings. The molecule has 0 aliphatic rings. The minimum atomic E-state index is -0.313. The number of hydrogen-bond donors (Lipinski definition) is 1. The fourth-order valence-corrected chi connectivity index (χ4v) is 2.99. The first-order valence-electron chi connectivity index (χ1n) is 5.46. The van der Waals surface area contributed by atoms with Crippen molar-refractivity contribution in [1.82, 2.24) is 9.78 Å². The second-order valence-corrected chi connectivity index (χ2v) is 6.01. The van der Waals surface area contributed by atoms with E-state index >= 15 is 0 Å². The summed E-state index contributed by atoms with van der Waals surface area (Å²) in [6.07, 6.45) is 1.75. The Morgan fingerprint density at radius 1 is 1.44 bits per heavy atom. The molecule has 0 radical (unpaired) electrons. The highest BCUT2D eigenvalue weighted by Gasteiger charge is 2.20. The molecule has 0 saturated heterocycles. The third-order valence-corrected chi connectivity index (χ3v) is 4.17. The summed E-state index contributed by atoms with van der Waals surface area (Å²) in [6, 6.07) is 5.35. The van der Waals surface area contributed by atoms with Crippen LogP contribution in [0, 0.1) is 0 Å². The molecule has 2 aromatic rings. The van der Waals surface area contributed by atoms with E-state index in [-0.39, 0.29) is 6.04 Å². The first-order chi connectivity index (χ1) is 8.54. The number of halogens is 3. The number of aryl methyl sites for hydroxylation is 1. The Balaban J connectivity index is 2.50. The van der Waals surface area contributed by atoms with Crippen molar-refractivity contribution in [2.45, 2.75) is 19.5 Å². The average molecular weight is 394 g/mol. The molecule has 0 amide bonds. The number of rotatable bonds is 3. The summed E-state index contributed by atoms with van der Waals surface area (Å²) in [5.41, 5.74) is 8.12. The van der Waals surface area contributed by atoms with Gasteiger partial charge in [-0.25, -0.2) is 0 Å². The van der Waals surface area contributed by atoms with Gasteiger partial charge in [0.1, 0.15) is 0 Å². The number of hydrogen-bond acceptors (Lipinski definition) is 2. The van der Waals surface area contributed by atoms with Crippen LogP contribution in [0.4, 0.5) is 0 Å². The smallest absolute Gasteiger partial charge is 0.0749 e. The highest BCUT2D eigenvalue weighted by Crippen LogP contribution is 2.32. The molecule has 0 aliphatic carbocycles. The summed E-state index contributed by atoms with van der Waals surface area (Å²) >= 11 is 13.1. The molecule has 0 aliphatic heterocycles. The molecule has 1 heterocycles. The van der Waals surface area contributed by atoms with Gasteiger partial charge in [-0.15, -0.1) is 0 Å². The molecule has 6 heteroatoms. The fourth-order valence-electron chi connectivity index (χ4n) is 1.83. The van der Waals surface area contributed by atoms with Gasteiger partial charge in [0.15, 0.2) is 0 Å². The van der Waals surface area contributed by atoms with Crippen molar-refractivity contribution in [2.24, 2.45) is 5.73 Å². The summed E-state index contributed by atoms with van der Waals surface area (Å²) in [6.45, 7) is 2.79. The lowest BCUT2D eigenvalue weighted by Gasteiger charge is -2.16. The SMILES string of the molecule is CCn1ncc(Br)c1C(N)c1cc(Br)ccc1Cl. The molecule has 3 nitrogen and oxygen atoms in total. The van der Waals surface area contributed by atoms with E-state index in [9.17, 15) is 0 Å². The van der Waals surface area contributed by atoms with Crippen molar-refractivity contribution in [1.29, 1.82) is 0 Å². The van der Waals surface area contributed by atoms with E-state index in [1.54, 1.807) is 6.20 Å². The first-order valence-corrected chi connectivity index (χ1v) is 7.42. The lowest BCUT2D eigenvalue weighted by Crippen LogP contribution is -2.18. The lowest BCUT2D eigenvalue weighted by atomic mass is 10.0. The van der Waals surface area contributed by atoms with Crippen LogP contribution in [0.5, 0.6) is 0 Å². The van der Waals surface area contributed by atoms with Crippen LogP contribution in [0.2, 0.25) is 5.02 Å². The van der Waals surface area contributed by atoms with Gasteiger partial charge in [-0.2, -0.15) is 5.10 Å². The molecular formula is C12H12Br2ClN3. The monoisotopic (exact) mass is 391 g/mol. The number of nitrogens with two attached hydrogens (primary N) is 1. The van der Waals surface area contributed by atoms with E-state index in [0.29, 0.717) is 5.02 Å². The zero-order valence-electron chi connectivity index (χ0n) is 9.70.